The Labute approximate surface area is 118 Å². The minimum Gasteiger partial charge on any atom is -0.319 e. The number of nitriles is 1. The monoisotopic (exact) mass is 292 g/mol. The zero-order chi connectivity index (χ0) is 13.8. The third-order valence-corrected chi connectivity index (χ3v) is 2.73. The average molecular weight is 293 g/mol. The number of amides is 1. The molecule has 1 N–H and O–H groups in total. The zero-order valence-corrected chi connectivity index (χ0v) is 10.9. The minimum atomic E-state index is -0.462. The van der Waals surface area contributed by atoms with E-state index < -0.39 is 5.91 Å². The topological polar surface area (TPSA) is 78.7 Å². The Balaban J connectivity index is 2.20. The van der Waals surface area contributed by atoms with Crippen LogP contribution in [0, 0.1) is 11.3 Å². The highest BCUT2D eigenvalue weighted by molar-refractivity contribution is 6.34. The van der Waals surface area contributed by atoms with Crippen LogP contribution in [0.3, 0.4) is 0 Å². The van der Waals surface area contributed by atoms with Gasteiger partial charge >= 0.3 is 0 Å². The summed E-state index contributed by atoms with van der Waals surface area (Å²) in [7, 11) is 0. The number of aromatic nitrogens is 2. The molecule has 0 aliphatic rings. The fraction of sp³-hybridized carbons (Fsp3) is 0. The molecule has 1 heterocycles. The third kappa shape index (κ3) is 3.19. The highest BCUT2D eigenvalue weighted by Gasteiger charge is 2.10. The van der Waals surface area contributed by atoms with Gasteiger partial charge in [0, 0.05) is 0 Å². The van der Waals surface area contributed by atoms with Gasteiger partial charge in [-0.25, -0.2) is 0 Å². The summed E-state index contributed by atoms with van der Waals surface area (Å²) >= 11 is 11.5. The van der Waals surface area contributed by atoms with Gasteiger partial charge < -0.3 is 5.32 Å². The molecule has 19 heavy (non-hydrogen) atoms. The lowest BCUT2D eigenvalue weighted by Gasteiger charge is -2.06. The molecule has 94 valence electrons. The summed E-state index contributed by atoms with van der Waals surface area (Å²) < 4.78 is 0. The number of nitrogens with zero attached hydrogens (tertiary/aromatic N) is 3. The van der Waals surface area contributed by atoms with Crippen LogP contribution in [0.1, 0.15) is 16.1 Å². The first-order chi connectivity index (χ1) is 9.10. The van der Waals surface area contributed by atoms with Crippen LogP contribution in [0.15, 0.2) is 30.3 Å². The van der Waals surface area contributed by atoms with Crippen molar-refractivity contribution in [2.24, 2.45) is 0 Å². The number of rotatable bonds is 2. The van der Waals surface area contributed by atoms with Crippen molar-refractivity contribution in [3.05, 3.63) is 51.8 Å². The molecule has 2 rings (SSSR count). The lowest BCUT2D eigenvalue weighted by atomic mass is 10.2. The highest BCUT2D eigenvalue weighted by atomic mass is 35.5. The van der Waals surface area contributed by atoms with Crippen LogP contribution < -0.4 is 5.32 Å². The molecule has 0 bridgehead atoms. The molecule has 1 aromatic carbocycles. The minimum absolute atomic E-state index is 0.116. The highest BCUT2D eigenvalue weighted by Crippen LogP contribution is 2.23. The van der Waals surface area contributed by atoms with E-state index in [0.717, 1.165) is 0 Å². The van der Waals surface area contributed by atoms with Gasteiger partial charge in [0.2, 0.25) is 0 Å². The van der Waals surface area contributed by atoms with E-state index in [1.54, 1.807) is 12.1 Å². The van der Waals surface area contributed by atoms with E-state index in [0.29, 0.717) is 11.3 Å². The molecule has 5 nitrogen and oxygen atoms in total. The number of benzene rings is 1. The van der Waals surface area contributed by atoms with Crippen LogP contribution in [-0.4, -0.2) is 16.1 Å². The van der Waals surface area contributed by atoms with Crippen molar-refractivity contribution >= 4 is 34.8 Å². The van der Waals surface area contributed by atoms with E-state index in [1.165, 1.54) is 18.2 Å². The van der Waals surface area contributed by atoms with Crippen LogP contribution >= 0.6 is 23.2 Å². The summed E-state index contributed by atoms with van der Waals surface area (Å²) in [6, 6.07) is 9.42. The molecule has 0 saturated heterocycles. The van der Waals surface area contributed by atoms with Crippen molar-refractivity contribution in [2.75, 3.05) is 5.32 Å². The van der Waals surface area contributed by atoms with Crippen molar-refractivity contribution in [2.45, 2.75) is 0 Å². The van der Waals surface area contributed by atoms with Crippen LogP contribution in [-0.2, 0) is 0 Å². The maximum absolute atomic E-state index is 11.9. The van der Waals surface area contributed by atoms with Gasteiger partial charge in [0.1, 0.15) is 0 Å². The van der Waals surface area contributed by atoms with Crippen LogP contribution in [0.25, 0.3) is 0 Å². The fourth-order valence-corrected chi connectivity index (χ4v) is 1.64. The normalized spacial score (nSPS) is 9.74. The van der Waals surface area contributed by atoms with Gasteiger partial charge in [0.15, 0.2) is 10.8 Å². The number of carbonyl (C=O) groups excluding carboxylic acids is 1. The maximum Gasteiger partial charge on any atom is 0.276 e. The zero-order valence-electron chi connectivity index (χ0n) is 9.39. The standard InChI is InChI=1S/C12H6Cl2N4O/c13-8-5-7(6-15)1-2-9(8)16-12(19)10-3-4-11(14)18-17-10/h1-5H,(H,16,19). The smallest absolute Gasteiger partial charge is 0.276 e. The number of hydrogen-bond acceptors (Lipinski definition) is 4. The van der Waals surface area contributed by atoms with Crippen molar-refractivity contribution in [3.63, 3.8) is 0 Å². The largest absolute Gasteiger partial charge is 0.319 e. The predicted octanol–water partition coefficient (Wildman–Crippen LogP) is 2.91. The molecule has 0 unspecified atom stereocenters. The summed E-state index contributed by atoms with van der Waals surface area (Å²) in [6.07, 6.45) is 0. The molecule has 0 atom stereocenters. The molecule has 0 fully saturated rings. The first kappa shape index (κ1) is 13.3. The van der Waals surface area contributed by atoms with Crippen molar-refractivity contribution in [3.8, 4) is 6.07 Å². The van der Waals surface area contributed by atoms with Gasteiger partial charge in [0.05, 0.1) is 22.3 Å². The molecule has 2 aromatic rings. The Morgan fingerprint density at radius 3 is 2.58 bits per heavy atom. The second kappa shape index (κ2) is 5.65. The molecule has 0 spiro atoms. The molecule has 1 aromatic heterocycles. The Morgan fingerprint density at radius 2 is 2.00 bits per heavy atom. The summed E-state index contributed by atoms with van der Waals surface area (Å²) in [5.41, 5.74) is 0.918. The van der Waals surface area contributed by atoms with Crippen LogP contribution in [0.5, 0.6) is 0 Å². The molecule has 0 radical (unpaired) electrons. The molecular weight excluding hydrogens is 287 g/mol. The van der Waals surface area contributed by atoms with Crippen LogP contribution in [0.2, 0.25) is 10.2 Å². The first-order valence-electron chi connectivity index (χ1n) is 5.10. The van der Waals surface area contributed by atoms with E-state index >= 15 is 0 Å². The summed E-state index contributed by atoms with van der Waals surface area (Å²) in [5, 5.41) is 19.0. The van der Waals surface area contributed by atoms with E-state index in [2.05, 4.69) is 15.5 Å². The SMILES string of the molecule is N#Cc1ccc(NC(=O)c2ccc(Cl)nn2)c(Cl)c1. The molecule has 0 saturated carbocycles. The van der Waals surface area contributed by atoms with Crippen molar-refractivity contribution < 1.29 is 4.79 Å². The van der Waals surface area contributed by atoms with E-state index in [4.69, 9.17) is 28.5 Å². The van der Waals surface area contributed by atoms with E-state index in [-0.39, 0.29) is 15.9 Å². The Hall–Kier alpha value is -2.16. The molecule has 0 aliphatic heterocycles. The third-order valence-electron chi connectivity index (χ3n) is 2.21. The average Bonchev–Trinajstić information content (AvgIpc) is 2.41. The molecular formula is C12H6Cl2N4O. The van der Waals surface area contributed by atoms with Gasteiger partial charge in [-0.2, -0.15) is 5.26 Å². The Morgan fingerprint density at radius 1 is 1.21 bits per heavy atom. The Bertz CT molecular complexity index is 664. The number of halogens is 2. The predicted molar refractivity (Wildman–Crippen MR) is 71.2 cm³/mol. The first-order valence-corrected chi connectivity index (χ1v) is 5.86. The number of hydrogen-bond donors (Lipinski definition) is 1. The number of anilines is 1. The van der Waals surface area contributed by atoms with E-state index in [9.17, 15) is 4.79 Å². The fourth-order valence-electron chi connectivity index (χ4n) is 1.31. The summed E-state index contributed by atoms with van der Waals surface area (Å²) in [6.45, 7) is 0. The van der Waals surface area contributed by atoms with Crippen LogP contribution in [0.4, 0.5) is 5.69 Å². The summed E-state index contributed by atoms with van der Waals surface area (Å²) in [4.78, 5) is 11.9. The number of carbonyl (C=O) groups is 1. The van der Waals surface area contributed by atoms with Gasteiger partial charge in [0.25, 0.3) is 5.91 Å². The lowest BCUT2D eigenvalue weighted by molar-refractivity contribution is 0.102. The molecule has 1 amide bonds. The van der Waals surface area contributed by atoms with Crippen molar-refractivity contribution in [1.82, 2.24) is 10.2 Å². The summed E-state index contributed by atoms with van der Waals surface area (Å²) in [5.74, 6) is -0.462. The quantitative estimate of drug-likeness (QED) is 0.923. The second-order valence-corrected chi connectivity index (χ2v) is 4.30. The molecule has 7 heteroatoms. The van der Waals surface area contributed by atoms with Gasteiger partial charge in [-0.15, -0.1) is 10.2 Å². The van der Waals surface area contributed by atoms with Gasteiger partial charge in [-0.3, -0.25) is 4.79 Å². The molecule has 0 aliphatic carbocycles. The Kier molecular flexibility index (Phi) is 3.95. The second-order valence-electron chi connectivity index (χ2n) is 3.50. The van der Waals surface area contributed by atoms with Gasteiger partial charge in [-0.1, -0.05) is 23.2 Å². The van der Waals surface area contributed by atoms with Crippen molar-refractivity contribution in [1.29, 1.82) is 5.26 Å². The van der Waals surface area contributed by atoms with Gasteiger partial charge in [-0.05, 0) is 30.3 Å². The number of nitrogens with one attached hydrogen (secondary N) is 1. The lowest BCUT2D eigenvalue weighted by Crippen LogP contribution is -2.14. The van der Waals surface area contributed by atoms with E-state index in [1.807, 2.05) is 6.07 Å². The maximum atomic E-state index is 11.9.